The molecule has 0 bridgehead atoms. The molecule has 0 aliphatic carbocycles. The average Bonchev–Trinajstić information content (AvgIpc) is 3.10. The van der Waals surface area contributed by atoms with Crippen molar-refractivity contribution in [2.45, 2.75) is 31.4 Å². The molecule has 49 heavy (non-hydrogen) atoms. The number of aliphatic imine (C=N–C) groups is 1. The molecule has 0 radical (unpaired) electrons. The lowest BCUT2D eigenvalue weighted by molar-refractivity contribution is -0.130. The zero-order valence-electron chi connectivity index (χ0n) is 26.5. The summed E-state index contributed by atoms with van der Waals surface area (Å²) in [7, 11) is -4.39. The van der Waals surface area contributed by atoms with Crippen LogP contribution in [0.3, 0.4) is 0 Å². The van der Waals surface area contributed by atoms with Crippen molar-refractivity contribution in [1.29, 1.82) is 0 Å². The number of amides is 3. The lowest BCUT2D eigenvalue weighted by Crippen LogP contribution is -2.54. The molecule has 8 N–H and O–H groups in total. The minimum absolute atomic E-state index is 0.0598. The first kappa shape index (κ1) is 36.0. The maximum Gasteiger partial charge on any atom is 0.457 e. The predicted molar refractivity (Wildman–Crippen MR) is 183 cm³/mol. The predicted octanol–water partition coefficient (Wildman–Crippen LogP) is 3.85. The van der Waals surface area contributed by atoms with Crippen molar-refractivity contribution < 1.29 is 37.8 Å². The van der Waals surface area contributed by atoms with Crippen LogP contribution in [0.2, 0.25) is 0 Å². The fourth-order valence-corrected chi connectivity index (χ4v) is 6.25. The SMILES string of the molecule is CC(NC(=O)C(CO)NC(=O)OCc1ccccc1)C(=O)NC(c1ccc(N=C(N)N)cc1)P(=O)(Oc1ccccc1)Oc1ccccc1. The topological polar surface area (TPSA) is 217 Å². The highest BCUT2D eigenvalue weighted by molar-refractivity contribution is 7.55. The standard InChI is InChI=1S/C34H37N6O8P/c1-23(37-31(43)29(21-41)39-34(44)46-22-24-11-5-2-6-12-24)30(42)40-32(25-17-19-26(20-18-25)38-33(35)36)49(45,47-27-13-7-3-8-14-27)48-28-15-9-4-10-16-28/h2-20,23,29,32,41H,21-22H2,1H3,(H,37,43)(H,39,44)(H,40,42)(H4,35,36,38). The van der Waals surface area contributed by atoms with Crippen LogP contribution in [0.1, 0.15) is 23.8 Å². The number of para-hydroxylation sites is 2. The monoisotopic (exact) mass is 688 g/mol. The van der Waals surface area contributed by atoms with Crippen LogP contribution in [0.15, 0.2) is 120 Å². The molecule has 0 aromatic heterocycles. The fraction of sp³-hybridized carbons (Fsp3) is 0.176. The second-order valence-corrected chi connectivity index (χ2v) is 12.5. The highest BCUT2D eigenvalue weighted by atomic mass is 31.2. The maximum absolute atomic E-state index is 14.8. The number of alkyl carbamates (subject to hydrolysis) is 1. The number of nitrogens with zero attached hydrogens (tertiary/aromatic N) is 1. The number of hydrogen-bond acceptors (Lipinski definition) is 9. The summed E-state index contributed by atoms with van der Waals surface area (Å²) in [6.45, 7) is 0.529. The van der Waals surface area contributed by atoms with Crippen molar-refractivity contribution in [3.05, 3.63) is 126 Å². The molecule has 3 amide bonds. The van der Waals surface area contributed by atoms with Gasteiger partial charge in [0.2, 0.25) is 11.8 Å². The van der Waals surface area contributed by atoms with Gasteiger partial charge in [-0.15, -0.1) is 0 Å². The van der Waals surface area contributed by atoms with Gasteiger partial charge in [-0.25, -0.2) is 14.4 Å². The Morgan fingerprint density at radius 3 is 1.80 bits per heavy atom. The molecule has 0 spiro atoms. The lowest BCUT2D eigenvalue weighted by atomic mass is 10.2. The number of hydrogen-bond donors (Lipinski definition) is 6. The Morgan fingerprint density at radius 1 is 0.755 bits per heavy atom. The number of nitrogens with two attached hydrogens (primary N) is 2. The number of ether oxygens (including phenoxy) is 1. The highest BCUT2D eigenvalue weighted by Crippen LogP contribution is 2.59. The van der Waals surface area contributed by atoms with Gasteiger partial charge < -0.3 is 46.3 Å². The first-order chi connectivity index (χ1) is 23.6. The molecule has 14 nitrogen and oxygen atoms in total. The molecule has 0 aliphatic rings. The van der Waals surface area contributed by atoms with Gasteiger partial charge in [-0.05, 0) is 54.4 Å². The van der Waals surface area contributed by atoms with E-state index in [9.17, 15) is 24.1 Å². The van der Waals surface area contributed by atoms with Gasteiger partial charge in [-0.2, -0.15) is 0 Å². The summed E-state index contributed by atoms with van der Waals surface area (Å²) in [6.07, 6.45) is -0.948. The summed E-state index contributed by atoms with van der Waals surface area (Å²) >= 11 is 0. The molecule has 0 heterocycles. The van der Waals surface area contributed by atoms with Gasteiger partial charge in [-0.1, -0.05) is 78.9 Å². The molecule has 0 fully saturated rings. The molecule has 15 heteroatoms. The van der Waals surface area contributed by atoms with Crippen LogP contribution in [0.25, 0.3) is 0 Å². The van der Waals surface area contributed by atoms with Crippen molar-refractivity contribution >= 4 is 37.2 Å². The molecule has 3 unspecified atom stereocenters. The third kappa shape index (κ3) is 10.8. The van der Waals surface area contributed by atoms with Gasteiger partial charge in [0.25, 0.3) is 0 Å². The summed E-state index contributed by atoms with van der Waals surface area (Å²) in [5, 5.41) is 17.2. The Labute approximate surface area is 283 Å². The summed E-state index contributed by atoms with van der Waals surface area (Å²) in [6, 6.07) is 28.9. The van der Waals surface area contributed by atoms with E-state index in [0.29, 0.717) is 11.3 Å². The summed E-state index contributed by atoms with van der Waals surface area (Å²) < 4.78 is 32.0. The van der Waals surface area contributed by atoms with E-state index in [0.717, 1.165) is 5.56 Å². The van der Waals surface area contributed by atoms with Crippen molar-refractivity contribution in [1.82, 2.24) is 16.0 Å². The minimum Gasteiger partial charge on any atom is -0.445 e. The number of rotatable bonds is 15. The van der Waals surface area contributed by atoms with Crippen molar-refractivity contribution in [3.8, 4) is 11.5 Å². The van der Waals surface area contributed by atoms with Gasteiger partial charge >= 0.3 is 13.7 Å². The van der Waals surface area contributed by atoms with Crippen LogP contribution in [-0.2, 0) is 25.5 Å². The zero-order chi connectivity index (χ0) is 35.2. The average molecular weight is 689 g/mol. The molecule has 4 aromatic carbocycles. The first-order valence-corrected chi connectivity index (χ1v) is 16.6. The van der Waals surface area contributed by atoms with E-state index in [-0.39, 0.29) is 24.1 Å². The van der Waals surface area contributed by atoms with E-state index < -0.39 is 50.0 Å². The van der Waals surface area contributed by atoms with Crippen molar-refractivity contribution in [2.75, 3.05) is 6.61 Å². The largest absolute Gasteiger partial charge is 0.457 e. The van der Waals surface area contributed by atoms with Crippen LogP contribution in [0, 0.1) is 0 Å². The van der Waals surface area contributed by atoms with Crippen LogP contribution in [0.5, 0.6) is 11.5 Å². The summed E-state index contributed by atoms with van der Waals surface area (Å²) in [4.78, 5) is 43.0. The van der Waals surface area contributed by atoms with E-state index in [1.807, 2.05) is 6.07 Å². The molecule has 4 rings (SSSR count). The molecular weight excluding hydrogens is 651 g/mol. The number of carbonyl (C=O) groups excluding carboxylic acids is 3. The highest BCUT2D eigenvalue weighted by Gasteiger charge is 2.43. The van der Waals surface area contributed by atoms with Gasteiger partial charge in [0.05, 0.1) is 12.3 Å². The Bertz CT molecular complexity index is 1710. The third-order valence-corrected chi connectivity index (χ3v) is 8.76. The van der Waals surface area contributed by atoms with Crippen LogP contribution in [0.4, 0.5) is 10.5 Å². The van der Waals surface area contributed by atoms with Crippen LogP contribution < -0.4 is 36.5 Å². The third-order valence-electron chi connectivity index (χ3n) is 6.77. The van der Waals surface area contributed by atoms with Gasteiger partial charge in [0.15, 0.2) is 11.7 Å². The first-order valence-electron chi connectivity index (χ1n) is 15.0. The van der Waals surface area contributed by atoms with E-state index in [1.54, 1.807) is 97.1 Å². The fourth-order valence-electron chi connectivity index (χ4n) is 4.35. The zero-order valence-corrected chi connectivity index (χ0v) is 27.4. The minimum atomic E-state index is -4.39. The second kappa shape index (κ2) is 17.3. The Balaban J connectivity index is 1.56. The second-order valence-electron chi connectivity index (χ2n) is 10.6. The quantitative estimate of drug-likeness (QED) is 0.0602. The number of aliphatic hydroxyl groups is 1. The van der Waals surface area contributed by atoms with Gasteiger partial charge in [-0.3, -0.25) is 9.59 Å². The Kier molecular flexibility index (Phi) is 12.7. The number of carbonyl (C=O) groups is 3. The van der Waals surface area contributed by atoms with E-state index in [4.69, 9.17) is 25.3 Å². The molecule has 3 atom stereocenters. The van der Waals surface area contributed by atoms with Gasteiger partial charge in [0.1, 0.15) is 30.2 Å². The maximum atomic E-state index is 14.8. The normalized spacial score (nSPS) is 12.7. The van der Waals surface area contributed by atoms with Crippen LogP contribution in [-0.4, -0.2) is 47.7 Å². The molecule has 0 saturated carbocycles. The van der Waals surface area contributed by atoms with Gasteiger partial charge in [0, 0.05) is 0 Å². The van der Waals surface area contributed by atoms with E-state index in [2.05, 4.69) is 20.9 Å². The van der Waals surface area contributed by atoms with E-state index >= 15 is 0 Å². The summed E-state index contributed by atoms with van der Waals surface area (Å²) in [5.41, 5.74) is 12.4. The molecule has 256 valence electrons. The molecule has 0 saturated heterocycles. The molecule has 4 aromatic rings. The van der Waals surface area contributed by atoms with Crippen molar-refractivity contribution in [3.63, 3.8) is 0 Å². The van der Waals surface area contributed by atoms with Crippen molar-refractivity contribution in [2.24, 2.45) is 16.5 Å². The van der Waals surface area contributed by atoms with Crippen LogP contribution >= 0.6 is 7.60 Å². The summed E-state index contributed by atoms with van der Waals surface area (Å²) in [5.74, 6) is -2.85. The number of nitrogens with one attached hydrogen (secondary N) is 3. The molecule has 0 aliphatic heterocycles. The Hall–Kier alpha value is -5.85. The number of guanidine groups is 1. The van der Waals surface area contributed by atoms with E-state index in [1.165, 1.54) is 19.1 Å². The smallest absolute Gasteiger partial charge is 0.445 e. The number of benzene rings is 4. The number of aliphatic hydroxyl groups excluding tert-OH is 1. The Morgan fingerprint density at radius 2 is 1.29 bits per heavy atom. The lowest BCUT2D eigenvalue weighted by Gasteiger charge is -2.29. The molecular formula is C34H37N6O8P.